The van der Waals surface area contributed by atoms with E-state index in [4.69, 9.17) is 4.74 Å². The summed E-state index contributed by atoms with van der Waals surface area (Å²) in [7, 11) is 3.81. The van der Waals surface area contributed by atoms with Crippen molar-refractivity contribution in [2.75, 3.05) is 19.1 Å². The highest BCUT2D eigenvalue weighted by molar-refractivity contribution is 7.18. The number of aromatic nitrogens is 4. The van der Waals surface area contributed by atoms with Crippen LogP contribution in [0.4, 0.5) is 5.13 Å². The molecule has 160 valence electrons. The molecule has 0 radical (unpaired) electrons. The summed E-state index contributed by atoms with van der Waals surface area (Å²) in [4.78, 5) is 2.29. The van der Waals surface area contributed by atoms with Crippen LogP contribution in [-0.2, 0) is 0 Å². The number of nitrogens with one attached hydrogen (secondary N) is 2. The smallest absolute Gasteiger partial charge is 0.208 e. The van der Waals surface area contributed by atoms with Crippen molar-refractivity contribution in [1.82, 2.24) is 25.7 Å². The number of H-pyrrole nitrogens is 1. The topological polar surface area (TPSA) is 79.0 Å². The number of methoxy groups -OCH3 is 1. The van der Waals surface area contributed by atoms with Gasteiger partial charge in [-0.2, -0.15) is 5.10 Å². The number of ether oxygens (including phenoxy) is 1. The molecule has 0 unspecified atom stereocenters. The number of aromatic amines is 1. The summed E-state index contributed by atoms with van der Waals surface area (Å²) in [6.45, 7) is 9.08. The first kappa shape index (κ1) is 20.8. The lowest BCUT2D eigenvalue weighted by Gasteiger charge is -2.48. The van der Waals surface area contributed by atoms with E-state index in [0.29, 0.717) is 6.04 Å². The Morgan fingerprint density at radius 2 is 1.83 bits per heavy atom. The fourth-order valence-corrected chi connectivity index (χ4v) is 5.53. The van der Waals surface area contributed by atoms with Crippen molar-refractivity contribution in [3.63, 3.8) is 0 Å². The molecule has 1 aliphatic rings. The van der Waals surface area contributed by atoms with Gasteiger partial charge in [0.25, 0.3) is 0 Å². The van der Waals surface area contributed by atoms with Gasteiger partial charge in [0.2, 0.25) is 5.13 Å². The van der Waals surface area contributed by atoms with Crippen LogP contribution in [0, 0.1) is 0 Å². The first-order valence-corrected chi connectivity index (χ1v) is 11.0. The lowest BCUT2D eigenvalue weighted by molar-refractivity contribution is 0.161. The van der Waals surface area contributed by atoms with Gasteiger partial charge in [-0.1, -0.05) is 17.4 Å². The Hall–Kier alpha value is -2.45. The number of benzene rings is 1. The molecule has 0 saturated carbocycles. The largest absolute Gasteiger partial charge is 0.496 e. The average Bonchev–Trinajstić information content (AvgIpc) is 3.36. The van der Waals surface area contributed by atoms with Crippen molar-refractivity contribution in [2.24, 2.45) is 0 Å². The molecular formula is C22H30N6OS. The second-order valence-electron chi connectivity index (χ2n) is 9.34. The van der Waals surface area contributed by atoms with E-state index in [2.05, 4.69) is 65.4 Å². The molecule has 1 fully saturated rings. The predicted octanol–water partition coefficient (Wildman–Crippen LogP) is 4.35. The predicted molar refractivity (Wildman–Crippen MR) is 122 cm³/mol. The molecule has 0 bridgehead atoms. The van der Waals surface area contributed by atoms with Crippen molar-refractivity contribution < 1.29 is 4.74 Å². The molecule has 7 nitrogen and oxygen atoms in total. The number of hydrogen-bond donors (Lipinski definition) is 2. The molecule has 1 aromatic carbocycles. The maximum Gasteiger partial charge on any atom is 0.208 e. The van der Waals surface area contributed by atoms with Crippen molar-refractivity contribution in [3.05, 3.63) is 30.5 Å². The lowest BCUT2D eigenvalue weighted by atomic mass is 9.79. The minimum atomic E-state index is 0.0833. The summed E-state index contributed by atoms with van der Waals surface area (Å²) in [5.74, 6) is 0.775. The van der Waals surface area contributed by atoms with Crippen LogP contribution in [0.25, 0.3) is 21.8 Å². The quantitative estimate of drug-likeness (QED) is 0.631. The standard InChI is InChI=1S/C22H30N6OS/c1-21(2)12-15(13-22(3,4)27-21)28(5)20-26-25-19(30-20)16-8-7-14(11-18(16)29-6)17-9-10-23-24-17/h7-11,15,27H,12-13H2,1-6H3,(H,23,24). The third-order valence-electron chi connectivity index (χ3n) is 5.68. The van der Waals surface area contributed by atoms with Gasteiger partial charge >= 0.3 is 0 Å². The molecule has 0 amide bonds. The van der Waals surface area contributed by atoms with E-state index in [9.17, 15) is 0 Å². The molecule has 0 spiro atoms. The number of nitrogens with zero attached hydrogens (tertiary/aromatic N) is 4. The summed E-state index contributed by atoms with van der Waals surface area (Å²) in [5, 5.41) is 21.6. The highest BCUT2D eigenvalue weighted by Gasteiger charge is 2.39. The van der Waals surface area contributed by atoms with Gasteiger partial charge in [-0.3, -0.25) is 5.10 Å². The SMILES string of the molecule is COc1cc(-c2ccn[nH]2)ccc1-c1nnc(N(C)C2CC(C)(C)NC(C)(C)C2)s1. The van der Waals surface area contributed by atoms with Gasteiger partial charge in [0, 0.05) is 35.9 Å². The fraction of sp³-hybridized carbons (Fsp3) is 0.500. The van der Waals surface area contributed by atoms with Gasteiger partial charge in [0.1, 0.15) is 5.75 Å². The summed E-state index contributed by atoms with van der Waals surface area (Å²) >= 11 is 1.60. The zero-order valence-corrected chi connectivity index (χ0v) is 19.3. The first-order valence-electron chi connectivity index (χ1n) is 10.2. The summed E-state index contributed by atoms with van der Waals surface area (Å²) < 4.78 is 5.66. The Bertz CT molecular complexity index is 995. The van der Waals surface area contributed by atoms with Crippen molar-refractivity contribution >= 4 is 16.5 Å². The highest BCUT2D eigenvalue weighted by Crippen LogP contribution is 2.39. The van der Waals surface area contributed by atoms with E-state index in [-0.39, 0.29) is 11.1 Å². The average molecular weight is 427 g/mol. The van der Waals surface area contributed by atoms with Crippen LogP contribution in [0.5, 0.6) is 5.75 Å². The van der Waals surface area contributed by atoms with Gasteiger partial charge in [0.05, 0.1) is 18.4 Å². The number of piperidine rings is 1. The van der Waals surface area contributed by atoms with Crippen LogP contribution in [0.2, 0.25) is 0 Å². The number of rotatable bonds is 5. The third kappa shape index (κ3) is 4.20. The first-order chi connectivity index (χ1) is 14.2. The Labute approximate surface area is 181 Å². The molecule has 3 heterocycles. The number of hydrogen-bond acceptors (Lipinski definition) is 7. The Morgan fingerprint density at radius 1 is 1.10 bits per heavy atom. The molecule has 0 atom stereocenters. The highest BCUT2D eigenvalue weighted by atomic mass is 32.1. The van der Waals surface area contributed by atoms with E-state index >= 15 is 0 Å². The van der Waals surface area contributed by atoms with Crippen LogP contribution < -0.4 is 15.0 Å². The van der Waals surface area contributed by atoms with Crippen LogP contribution in [0.1, 0.15) is 40.5 Å². The van der Waals surface area contributed by atoms with Crippen LogP contribution in [-0.4, -0.2) is 51.7 Å². The van der Waals surface area contributed by atoms with Gasteiger partial charge in [-0.25, -0.2) is 0 Å². The van der Waals surface area contributed by atoms with E-state index in [1.54, 1.807) is 24.6 Å². The Kier molecular flexibility index (Phi) is 5.32. The Balaban J connectivity index is 1.59. The van der Waals surface area contributed by atoms with Gasteiger partial charge < -0.3 is 15.0 Å². The molecule has 1 saturated heterocycles. The van der Waals surface area contributed by atoms with E-state index in [1.165, 1.54) is 0 Å². The normalized spacial score (nSPS) is 18.3. The molecular weight excluding hydrogens is 396 g/mol. The zero-order chi connectivity index (χ0) is 21.5. The van der Waals surface area contributed by atoms with Crippen molar-refractivity contribution in [3.8, 4) is 27.6 Å². The summed E-state index contributed by atoms with van der Waals surface area (Å²) in [5.41, 5.74) is 3.09. The maximum absolute atomic E-state index is 5.66. The van der Waals surface area contributed by atoms with E-state index in [0.717, 1.165) is 45.6 Å². The summed E-state index contributed by atoms with van der Waals surface area (Å²) in [6, 6.07) is 8.44. The molecule has 2 aromatic heterocycles. The van der Waals surface area contributed by atoms with Gasteiger partial charge in [-0.05, 0) is 58.7 Å². The maximum atomic E-state index is 5.66. The van der Waals surface area contributed by atoms with Crippen molar-refractivity contribution in [2.45, 2.75) is 57.7 Å². The van der Waals surface area contributed by atoms with E-state index in [1.807, 2.05) is 24.3 Å². The number of anilines is 1. The van der Waals surface area contributed by atoms with Crippen molar-refractivity contribution in [1.29, 1.82) is 0 Å². The zero-order valence-electron chi connectivity index (χ0n) is 18.5. The van der Waals surface area contributed by atoms with Gasteiger partial charge in [0.15, 0.2) is 5.01 Å². The molecule has 4 rings (SSSR count). The third-order valence-corrected chi connectivity index (χ3v) is 6.72. The lowest BCUT2D eigenvalue weighted by Crippen LogP contribution is -2.61. The Morgan fingerprint density at radius 3 is 2.47 bits per heavy atom. The molecule has 30 heavy (non-hydrogen) atoms. The molecule has 1 aliphatic heterocycles. The molecule has 2 N–H and O–H groups in total. The van der Waals surface area contributed by atoms with Crippen LogP contribution >= 0.6 is 11.3 Å². The van der Waals surface area contributed by atoms with Crippen LogP contribution in [0.3, 0.4) is 0 Å². The monoisotopic (exact) mass is 426 g/mol. The molecule has 3 aromatic rings. The minimum absolute atomic E-state index is 0.0833. The van der Waals surface area contributed by atoms with Crippen LogP contribution in [0.15, 0.2) is 30.5 Å². The minimum Gasteiger partial charge on any atom is -0.496 e. The fourth-order valence-electron chi connectivity index (χ4n) is 4.62. The van der Waals surface area contributed by atoms with Gasteiger partial charge in [-0.15, -0.1) is 10.2 Å². The second kappa shape index (κ2) is 7.67. The summed E-state index contributed by atoms with van der Waals surface area (Å²) in [6.07, 6.45) is 3.86. The molecule has 0 aliphatic carbocycles. The van der Waals surface area contributed by atoms with E-state index < -0.39 is 0 Å². The molecule has 8 heteroatoms. The second-order valence-corrected chi connectivity index (χ2v) is 10.3.